The van der Waals surface area contributed by atoms with E-state index >= 15 is 0 Å². The molecule has 0 saturated carbocycles. The Labute approximate surface area is 80.9 Å². The Hall–Kier alpha value is 0.0800. The highest BCUT2D eigenvalue weighted by molar-refractivity contribution is 9.10. The molecule has 0 amide bonds. The van der Waals surface area contributed by atoms with Crippen LogP contribution in [0.1, 0.15) is 0 Å². The number of anilines is 1. The van der Waals surface area contributed by atoms with Crippen LogP contribution in [0.15, 0.2) is 28.7 Å². The number of nitrogens with two attached hydrogens (primary N) is 1. The summed E-state index contributed by atoms with van der Waals surface area (Å²) < 4.78 is 1.06. The fourth-order valence-corrected chi connectivity index (χ4v) is 0.727. The van der Waals surface area contributed by atoms with Gasteiger partial charge in [-0.05, 0) is 24.3 Å². The molecule has 1 rings (SSSR count). The van der Waals surface area contributed by atoms with Gasteiger partial charge in [0.1, 0.15) is 0 Å². The minimum Gasteiger partial charge on any atom is -0.399 e. The van der Waals surface area contributed by atoms with Gasteiger partial charge >= 0.3 is 0 Å². The molecule has 1 aromatic rings. The second kappa shape index (κ2) is 5.83. The summed E-state index contributed by atoms with van der Waals surface area (Å²) in [5.41, 5.74) is 6.21. The first kappa shape index (κ1) is 12.7. The number of nitrogen functional groups attached to an aromatic ring is 1. The summed E-state index contributed by atoms with van der Waals surface area (Å²) in [5.74, 6) is 0. The van der Waals surface area contributed by atoms with Gasteiger partial charge in [-0.2, -0.15) is 0 Å². The molecular weight excluding hydrogens is 237 g/mol. The molecule has 1 aromatic carbocycles. The Bertz CT molecular complexity index is 155. The van der Waals surface area contributed by atoms with E-state index in [2.05, 4.69) is 15.9 Å². The van der Waals surface area contributed by atoms with Crippen LogP contribution in [-0.4, -0.2) is 0 Å². The summed E-state index contributed by atoms with van der Waals surface area (Å²) in [7, 11) is 0. The van der Waals surface area contributed by atoms with Crippen molar-refractivity contribution in [2.75, 3.05) is 5.73 Å². The molecule has 0 aliphatic carbocycles. The van der Waals surface area contributed by atoms with E-state index < -0.39 is 0 Å². The van der Waals surface area contributed by atoms with Gasteiger partial charge in [0, 0.05) is 10.2 Å². The van der Waals surface area contributed by atoms with Crippen molar-refractivity contribution < 1.29 is 0 Å². The number of benzene rings is 1. The van der Waals surface area contributed by atoms with E-state index in [-0.39, 0.29) is 24.8 Å². The van der Waals surface area contributed by atoms with Gasteiger partial charge in [-0.25, -0.2) is 0 Å². The fourth-order valence-electron chi connectivity index (χ4n) is 0.463. The molecule has 1 nitrogen and oxygen atoms in total. The lowest BCUT2D eigenvalue weighted by atomic mass is 10.3. The third-order valence-corrected chi connectivity index (χ3v) is 1.40. The highest BCUT2D eigenvalue weighted by atomic mass is 79.9. The van der Waals surface area contributed by atoms with E-state index in [0.717, 1.165) is 10.2 Å². The van der Waals surface area contributed by atoms with Gasteiger partial charge < -0.3 is 5.73 Å². The zero-order valence-electron chi connectivity index (χ0n) is 5.08. The lowest BCUT2D eigenvalue weighted by Crippen LogP contribution is -1.80. The first-order chi connectivity index (χ1) is 3.79. The van der Waals surface area contributed by atoms with Gasteiger partial charge in [0.05, 0.1) is 0 Å². The largest absolute Gasteiger partial charge is 0.399 e. The predicted molar refractivity (Wildman–Crippen MR) is 53.1 cm³/mol. The summed E-state index contributed by atoms with van der Waals surface area (Å²) in [6, 6.07) is 7.53. The van der Waals surface area contributed by atoms with Crippen molar-refractivity contribution in [1.29, 1.82) is 0 Å². The van der Waals surface area contributed by atoms with Gasteiger partial charge in [-0.3, -0.25) is 0 Å². The van der Waals surface area contributed by atoms with E-state index in [9.17, 15) is 0 Å². The van der Waals surface area contributed by atoms with Crippen LogP contribution < -0.4 is 5.73 Å². The van der Waals surface area contributed by atoms with E-state index in [1.54, 1.807) is 0 Å². The first-order valence-electron chi connectivity index (χ1n) is 2.30. The van der Waals surface area contributed by atoms with Crippen LogP contribution in [0.2, 0.25) is 0 Å². The summed E-state index contributed by atoms with van der Waals surface area (Å²) in [5, 5.41) is 0. The van der Waals surface area contributed by atoms with E-state index in [4.69, 9.17) is 5.73 Å². The molecule has 0 fully saturated rings. The zero-order valence-corrected chi connectivity index (χ0v) is 8.30. The minimum atomic E-state index is 0. The Morgan fingerprint density at radius 3 is 1.70 bits per heavy atom. The number of hydrogen-bond donors (Lipinski definition) is 1. The van der Waals surface area contributed by atoms with Crippen LogP contribution >= 0.6 is 40.7 Å². The molecule has 0 unspecified atom stereocenters. The minimum absolute atomic E-state index is 0. The van der Waals surface area contributed by atoms with Gasteiger partial charge in [-0.1, -0.05) is 15.9 Å². The molecule has 0 aliphatic rings. The molecule has 0 heterocycles. The Balaban J connectivity index is 0. The third kappa shape index (κ3) is 3.99. The van der Waals surface area contributed by atoms with Gasteiger partial charge in [0.15, 0.2) is 0 Å². The molecule has 4 heteroatoms. The van der Waals surface area contributed by atoms with Crippen molar-refractivity contribution in [3.05, 3.63) is 28.7 Å². The van der Waals surface area contributed by atoms with E-state index in [0.29, 0.717) is 0 Å². The second-order valence-electron chi connectivity index (χ2n) is 1.55. The van der Waals surface area contributed by atoms with Crippen molar-refractivity contribution >= 4 is 46.4 Å². The van der Waals surface area contributed by atoms with Crippen molar-refractivity contribution in [1.82, 2.24) is 0 Å². The van der Waals surface area contributed by atoms with Crippen LogP contribution in [-0.2, 0) is 0 Å². The van der Waals surface area contributed by atoms with Crippen molar-refractivity contribution in [3.8, 4) is 0 Å². The van der Waals surface area contributed by atoms with E-state index in [1.807, 2.05) is 24.3 Å². The van der Waals surface area contributed by atoms with E-state index in [1.165, 1.54) is 0 Å². The Morgan fingerprint density at radius 1 is 1.00 bits per heavy atom. The highest BCUT2D eigenvalue weighted by Gasteiger charge is 1.81. The normalized spacial score (nSPS) is 7.30. The van der Waals surface area contributed by atoms with Gasteiger partial charge in [0.25, 0.3) is 0 Å². The molecule has 0 aromatic heterocycles. The highest BCUT2D eigenvalue weighted by Crippen LogP contribution is 2.10. The molecule has 58 valence electrons. The van der Waals surface area contributed by atoms with Crippen LogP contribution in [0.4, 0.5) is 5.69 Å². The maximum absolute atomic E-state index is 5.41. The van der Waals surface area contributed by atoms with Crippen LogP contribution in [0.5, 0.6) is 0 Å². The molecule has 0 spiro atoms. The maximum atomic E-state index is 5.41. The monoisotopic (exact) mass is 243 g/mol. The number of hydrogen-bond acceptors (Lipinski definition) is 1. The SMILES string of the molecule is Cl.Cl.Nc1ccc(Br)cc1. The fraction of sp³-hybridized carbons (Fsp3) is 0. The average Bonchev–Trinajstić information content (AvgIpc) is 1.77. The zero-order chi connectivity index (χ0) is 5.98. The number of rotatable bonds is 0. The molecular formula is C6H8BrCl2N. The number of halogens is 3. The second-order valence-corrected chi connectivity index (χ2v) is 2.47. The third-order valence-electron chi connectivity index (χ3n) is 0.870. The maximum Gasteiger partial charge on any atom is 0.0314 e. The van der Waals surface area contributed by atoms with Crippen molar-refractivity contribution in [2.45, 2.75) is 0 Å². The molecule has 0 aliphatic heterocycles. The predicted octanol–water partition coefficient (Wildman–Crippen LogP) is 2.87. The van der Waals surface area contributed by atoms with Crippen LogP contribution in [0.3, 0.4) is 0 Å². The quantitative estimate of drug-likeness (QED) is 0.698. The molecule has 0 bridgehead atoms. The Kier molecular flexibility index (Phi) is 7.43. The van der Waals surface area contributed by atoms with Gasteiger partial charge in [0.2, 0.25) is 0 Å². The smallest absolute Gasteiger partial charge is 0.0314 e. The molecule has 2 N–H and O–H groups in total. The standard InChI is InChI=1S/C6H6BrN.2ClH/c7-5-1-3-6(8)4-2-5;;/h1-4H,8H2;2*1H. The molecule has 0 saturated heterocycles. The molecule has 0 atom stereocenters. The molecule has 10 heavy (non-hydrogen) atoms. The lowest BCUT2D eigenvalue weighted by molar-refractivity contribution is 1.64. The van der Waals surface area contributed by atoms with Gasteiger partial charge in [-0.15, -0.1) is 24.8 Å². The topological polar surface area (TPSA) is 26.0 Å². The van der Waals surface area contributed by atoms with Crippen molar-refractivity contribution in [3.63, 3.8) is 0 Å². The average molecular weight is 245 g/mol. The summed E-state index contributed by atoms with van der Waals surface area (Å²) in [6.07, 6.45) is 0. The first-order valence-corrected chi connectivity index (χ1v) is 3.09. The lowest BCUT2D eigenvalue weighted by Gasteiger charge is -1.88. The summed E-state index contributed by atoms with van der Waals surface area (Å²) in [6.45, 7) is 0. The Morgan fingerprint density at radius 2 is 1.40 bits per heavy atom. The summed E-state index contributed by atoms with van der Waals surface area (Å²) >= 11 is 3.29. The summed E-state index contributed by atoms with van der Waals surface area (Å²) in [4.78, 5) is 0. The van der Waals surface area contributed by atoms with Crippen LogP contribution in [0.25, 0.3) is 0 Å². The van der Waals surface area contributed by atoms with Crippen LogP contribution in [0, 0.1) is 0 Å². The molecule has 0 radical (unpaired) electrons. The van der Waals surface area contributed by atoms with Crippen molar-refractivity contribution in [2.24, 2.45) is 0 Å².